The summed E-state index contributed by atoms with van der Waals surface area (Å²) in [6, 6.07) is 6.56. The van der Waals surface area contributed by atoms with Crippen molar-refractivity contribution in [1.29, 1.82) is 0 Å². The number of aliphatic carboxylic acids is 1. The van der Waals surface area contributed by atoms with E-state index >= 15 is 0 Å². The van der Waals surface area contributed by atoms with Crippen molar-refractivity contribution in [3.8, 4) is 0 Å². The highest BCUT2D eigenvalue weighted by molar-refractivity contribution is 5.81. The second-order valence-corrected chi connectivity index (χ2v) is 6.30. The van der Waals surface area contributed by atoms with Crippen molar-refractivity contribution in [3.63, 3.8) is 0 Å². The van der Waals surface area contributed by atoms with Crippen molar-refractivity contribution >= 4 is 22.8 Å². The number of rotatable bonds is 3. The van der Waals surface area contributed by atoms with Crippen LogP contribution in [0.4, 0.5) is 0 Å². The molecule has 1 atom stereocenters. The summed E-state index contributed by atoms with van der Waals surface area (Å²) in [5.74, 6) is -1.40. The number of nitrogens with one attached hydrogen (secondary N) is 1. The Balaban J connectivity index is 1.88. The molecule has 2 aromatic rings. The van der Waals surface area contributed by atoms with Gasteiger partial charge in [-0.05, 0) is 25.5 Å². The number of carbonyl (C=O) groups is 2. The van der Waals surface area contributed by atoms with Crippen molar-refractivity contribution < 1.29 is 14.7 Å². The minimum Gasteiger partial charge on any atom is -0.481 e. The van der Waals surface area contributed by atoms with E-state index < -0.39 is 35.1 Å². The number of hydrogen-bond acceptors (Lipinski definition) is 4. The minimum absolute atomic E-state index is 0.0708. The van der Waals surface area contributed by atoms with Crippen LogP contribution in [0.3, 0.4) is 0 Å². The maximum atomic E-state index is 12.4. The number of benzene rings is 1. The highest BCUT2D eigenvalue weighted by Gasteiger charge is 2.42. The van der Waals surface area contributed by atoms with Crippen molar-refractivity contribution in [3.05, 3.63) is 45.1 Å². The molecular weight excluding hydrogens is 314 g/mol. The summed E-state index contributed by atoms with van der Waals surface area (Å²) in [4.78, 5) is 52.1. The lowest BCUT2D eigenvalue weighted by Gasteiger charge is -2.20. The van der Waals surface area contributed by atoms with Crippen LogP contribution in [0.2, 0.25) is 0 Å². The first-order valence-corrected chi connectivity index (χ1v) is 7.55. The number of aromatic amines is 1. The minimum atomic E-state index is -0.990. The molecule has 2 N–H and O–H groups in total. The fourth-order valence-corrected chi connectivity index (χ4v) is 2.93. The summed E-state index contributed by atoms with van der Waals surface area (Å²) >= 11 is 0. The number of amides is 1. The van der Waals surface area contributed by atoms with Gasteiger partial charge < -0.3 is 15.0 Å². The van der Waals surface area contributed by atoms with Crippen molar-refractivity contribution in [2.45, 2.75) is 19.9 Å². The van der Waals surface area contributed by atoms with Gasteiger partial charge in [-0.3, -0.25) is 19.0 Å². The predicted molar refractivity (Wildman–Crippen MR) is 85.8 cm³/mol. The molecule has 1 aromatic carbocycles. The second-order valence-electron chi connectivity index (χ2n) is 6.30. The number of carboxylic acid groups (broad SMARTS) is 1. The van der Waals surface area contributed by atoms with Crippen LogP contribution in [0.25, 0.3) is 10.9 Å². The number of carbonyl (C=O) groups excluding carboxylic acids is 1. The van der Waals surface area contributed by atoms with Gasteiger partial charge >= 0.3 is 11.7 Å². The fraction of sp³-hybridized carbons (Fsp3) is 0.375. The molecule has 1 fully saturated rings. The number of likely N-dealkylation sites (tertiary alicyclic amines) is 1. The first-order chi connectivity index (χ1) is 11.3. The summed E-state index contributed by atoms with van der Waals surface area (Å²) in [6.45, 7) is 1.54. The van der Waals surface area contributed by atoms with Gasteiger partial charge in [-0.2, -0.15) is 0 Å². The van der Waals surface area contributed by atoms with Crippen LogP contribution in [0.5, 0.6) is 0 Å². The predicted octanol–water partition coefficient (Wildman–Crippen LogP) is 0.0130. The Morgan fingerprint density at radius 3 is 2.67 bits per heavy atom. The maximum absolute atomic E-state index is 12.4. The van der Waals surface area contributed by atoms with Gasteiger partial charge in [0, 0.05) is 13.1 Å². The van der Waals surface area contributed by atoms with Crippen LogP contribution in [0.15, 0.2) is 33.9 Å². The molecule has 1 aromatic heterocycles. The van der Waals surface area contributed by atoms with E-state index in [4.69, 9.17) is 0 Å². The molecule has 0 saturated carbocycles. The van der Waals surface area contributed by atoms with Crippen LogP contribution in [0, 0.1) is 5.41 Å². The molecule has 1 aliphatic heterocycles. The van der Waals surface area contributed by atoms with Gasteiger partial charge in [0.25, 0.3) is 5.56 Å². The smallest absolute Gasteiger partial charge is 0.329 e. The first-order valence-electron chi connectivity index (χ1n) is 7.55. The van der Waals surface area contributed by atoms with E-state index in [1.165, 1.54) is 4.90 Å². The van der Waals surface area contributed by atoms with Crippen LogP contribution >= 0.6 is 0 Å². The molecule has 2 heterocycles. The molecule has 0 radical (unpaired) electrons. The summed E-state index contributed by atoms with van der Waals surface area (Å²) in [7, 11) is 0. The van der Waals surface area contributed by atoms with Crippen LogP contribution in [-0.2, 0) is 16.1 Å². The Labute approximate surface area is 136 Å². The number of aromatic nitrogens is 2. The van der Waals surface area contributed by atoms with E-state index in [0.29, 0.717) is 23.9 Å². The van der Waals surface area contributed by atoms with Gasteiger partial charge in [-0.25, -0.2) is 4.79 Å². The number of H-pyrrole nitrogens is 1. The number of carboxylic acids is 1. The van der Waals surface area contributed by atoms with Gasteiger partial charge in [0.15, 0.2) is 0 Å². The molecule has 1 amide bonds. The third kappa shape index (κ3) is 2.60. The summed E-state index contributed by atoms with van der Waals surface area (Å²) in [5, 5.41) is 9.54. The molecule has 24 heavy (non-hydrogen) atoms. The van der Waals surface area contributed by atoms with E-state index in [1.54, 1.807) is 31.2 Å². The fourth-order valence-electron chi connectivity index (χ4n) is 2.93. The van der Waals surface area contributed by atoms with Crippen molar-refractivity contribution in [2.24, 2.45) is 5.41 Å². The third-order valence-corrected chi connectivity index (χ3v) is 4.53. The number of nitrogens with zero attached hydrogens (tertiary/aromatic N) is 2. The maximum Gasteiger partial charge on any atom is 0.329 e. The Morgan fingerprint density at radius 2 is 2.00 bits per heavy atom. The molecule has 8 heteroatoms. The average molecular weight is 331 g/mol. The lowest BCUT2D eigenvalue weighted by atomic mass is 9.90. The number of para-hydroxylation sites is 1. The lowest BCUT2D eigenvalue weighted by Crippen LogP contribution is -2.42. The molecule has 0 bridgehead atoms. The SMILES string of the molecule is CC1(C(=O)O)CCN(C(=O)Cn2c(=O)[nH]c3ccccc3c2=O)C1. The lowest BCUT2D eigenvalue weighted by molar-refractivity contribution is -0.147. The Bertz CT molecular complexity index is 945. The molecule has 0 spiro atoms. The Hall–Kier alpha value is -2.90. The zero-order valence-electron chi connectivity index (χ0n) is 13.1. The molecule has 126 valence electrons. The Morgan fingerprint density at radius 1 is 1.29 bits per heavy atom. The van der Waals surface area contributed by atoms with E-state index in [0.717, 1.165) is 4.57 Å². The molecule has 1 saturated heterocycles. The van der Waals surface area contributed by atoms with E-state index in [9.17, 15) is 24.3 Å². The second kappa shape index (κ2) is 5.63. The summed E-state index contributed by atoms with van der Waals surface area (Å²) < 4.78 is 0.848. The quantitative estimate of drug-likeness (QED) is 0.823. The number of hydrogen-bond donors (Lipinski definition) is 2. The van der Waals surface area contributed by atoms with Gasteiger partial charge in [-0.1, -0.05) is 12.1 Å². The zero-order chi connectivity index (χ0) is 17.5. The molecule has 1 aliphatic rings. The first kappa shape index (κ1) is 16.0. The third-order valence-electron chi connectivity index (χ3n) is 4.53. The topological polar surface area (TPSA) is 112 Å². The summed E-state index contributed by atoms with van der Waals surface area (Å²) in [5.41, 5.74) is -1.78. The number of fused-ring (bicyclic) bond motifs is 1. The van der Waals surface area contributed by atoms with Crippen LogP contribution < -0.4 is 11.2 Å². The molecule has 8 nitrogen and oxygen atoms in total. The average Bonchev–Trinajstić information content (AvgIpc) is 2.95. The largest absolute Gasteiger partial charge is 0.481 e. The molecule has 1 unspecified atom stereocenters. The highest BCUT2D eigenvalue weighted by atomic mass is 16.4. The summed E-state index contributed by atoms with van der Waals surface area (Å²) in [6.07, 6.45) is 0.344. The van der Waals surface area contributed by atoms with Gasteiger partial charge in [0.05, 0.1) is 16.3 Å². The molecule has 3 rings (SSSR count). The zero-order valence-corrected chi connectivity index (χ0v) is 13.1. The van der Waals surface area contributed by atoms with Crippen LogP contribution in [-0.4, -0.2) is 44.5 Å². The van der Waals surface area contributed by atoms with Crippen molar-refractivity contribution in [1.82, 2.24) is 14.5 Å². The van der Waals surface area contributed by atoms with Crippen LogP contribution in [0.1, 0.15) is 13.3 Å². The highest BCUT2D eigenvalue weighted by Crippen LogP contribution is 2.30. The van der Waals surface area contributed by atoms with Gasteiger partial charge in [0.2, 0.25) is 5.91 Å². The van der Waals surface area contributed by atoms with Gasteiger partial charge in [0.1, 0.15) is 6.54 Å². The monoisotopic (exact) mass is 331 g/mol. The van der Waals surface area contributed by atoms with Gasteiger partial charge in [-0.15, -0.1) is 0 Å². The normalized spacial score (nSPS) is 20.5. The van der Waals surface area contributed by atoms with E-state index in [-0.39, 0.29) is 6.54 Å². The Kier molecular flexibility index (Phi) is 3.75. The van der Waals surface area contributed by atoms with E-state index in [1.807, 2.05) is 0 Å². The van der Waals surface area contributed by atoms with Crippen molar-refractivity contribution in [2.75, 3.05) is 13.1 Å². The standard InChI is InChI=1S/C16H17N3O5/c1-16(14(22)23)6-7-18(9-16)12(20)8-19-13(21)10-4-2-3-5-11(10)17-15(19)24/h2-5H,6-9H2,1H3,(H,17,24)(H,22,23). The van der Waals surface area contributed by atoms with E-state index in [2.05, 4.69) is 4.98 Å². The molecule has 0 aliphatic carbocycles. The molecular formula is C16H17N3O5.